The maximum absolute atomic E-state index is 13.5. The van der Waals surface area contributed by atoms with Crippen molar-refractivity contribution in [3.8, 4) is 5.69 Å². The number of amides is 1. The summed E-state index contributed by atoms with van der Waals surface area (Å²) in [6, 6.07) is 13.8. The lowest BCUT2D eigenvalue weighted by molar-refractivity contribution is -0.110. The molecule has 3 aromatic rings. The fourth-order valence-electron chi connectivity index (χ4n) is 2.65. The summed E-state index contributed by atoms with van der Waals surface area (Å²) >= 11 is 0. The van der Waals surface area contributed by atoms with E-state index in [9.17, 15) is 9.18 Å². The molecule has 0 radical (unpaired) electrons. The molecule has 0 spiro atoms. The van der Waals surface area contributed by atoms with Gasteiger partial charge in [0, 0.05) is 29.2 Å². The van der Waals surface area contributed by atoms with E-state index in [4.69, 9.17) is 0 Å². The molecule has 0 bridgehead atoms. The molecule has 0 fully saturated rings. The molecule has 0 saturated heterocycles. The molecule has 4 nitrogen and oxygen atoms in total. The van der Waals surface area contributed by atoms with Crippen molar-refractivity contribution in [2.45, 2.75) is 0 Å². The second-order valence-corrected chi connectivity index (χ2v) is 5.25. The number of anilines is 1. The normalized spacial score (nSPS) is 14.8. The number of aromatic nitrogens is 2. The Balaban J connectivity index is 1.78. The van der Waals surface area contributed by atoms with Crippen LogP contribution in [0.2, 0.25) is 0 Å². The third kappa shape index (κ3) is 2.42. The summed E-state index contributed by atoms with van der Waals surface area (Å²) in [5, 5.41) is 6.93. The minimum Gasteiger partial charge on any atom is -0.321 e. The smallest absolute Gasteiger partial charge is 0.256 e. The number of carbonyl (C=O) groups excluding carboxylic acids is 1. The number of nitrogens with zero attached hydrogens (tertiary/aromatic N) is 2. The van der Waals surface area contributed by atoms with E-state index in [1.807, 2.05) is 36.5 Å². The summed E-state index contributed by atoms with van der Waals surface area (Å²) in [6.45, 7) is 0. The summed E-state index contributed by atoms with van der Waals surface area (Å²) in [5.74, 6) is -0.591. The fraction of sp³-hybridized carbons (Fsp3) is 0. The SMILES string of the molecule is O=C1Nc2ccc(F)cc2/C1=C/c1cccc(-n2cccn2)c1. The van der Waals surface area contributed by atoms with E-state index in [-0.39, 0.29) is 11.7 Å². The lowest BCUT2D eigenvalue weighted by atomic mass is 10.0. The first kappa shape index (κ1) is 13.5. The Hall–Kier alpha value is -3.21. The van der Waals surface area contributed by atoms with E-state index in [2.05, 4.69) is 10.4 Å². The van der Waals surface area contributed by atoms with Crippen LogP contribution < -0.4 is 5.32 Å². The van der Waals surface area contributed by atoms with Crippen molar-refractivity contribution in [1.82, 2.24) is 9.78 Å². The molecule has 2 heterocycles. The van der Waals surface area contributed by atoms with Gasteiger partial charge in [-0.1, -0.05) is 12.1 Å². The zero-order valence-corrected chi connectivity index (χ0v) is 12.0. The van der Waals surface area contributed by atoms with Crippen molar-refractivity contribution in [2.75, 3.05) is 5.32 Å². The largest absolute Gasteiger partial charge is 0.321 e. The molecule has 1 aliphatic rings. The summed E-state index contributed by atoms with van der Waals surface area (Å²) in [7, 11) is 0. The first-order chi connectivity index (χ1) is 11.2. The van der Waals surface area contributed by atoms with E-state index in [0.717, 1.165) is 11.3 Å². The minimum atomic E-state index is -0.364. The monoisotopic (exact) mass is 305 g/mol. The van der Waals surface area contributed by atoms with Gasteiger partial charge in [0.25, 0.3) is 5.91 Å². The quantitative estimate of drug-likeness (QED) is 0.737. The molecule has 1 amide bonds. The Morgan fingerprint density at radius 1 is 1.13 bits per heavy atom. The lowest BCUT2D eigenvalue weighted by Gasteiger charge is -2.03. The number of carbonyl (C=O) groups is 1. The predicted molar refractivity (Wildman–Crippen MR) is 86.5 cm³/mol. The van der Waals surface area contributed by atoms with Crippen LogP contribution in [0.25, 0.3) is 17.3 Å². The second kappa shape index (κ2) is 5.21. The molecule has 23 heavy (non-hydrogen) atoms. The highest BCUT2D eigenvalue weighted by Crippen LogP contribution is 2.33. The summed E-state index contributed by atoms with van der Waals surface area (Å²) in [5.41, 5.74) is 3.41. The molecule has 5 heteroatoms. The Kier molecular flexibility index (Phi) is 3.05. The van der Waals surface area contributed by atoms with Gasteiger partial charge in [-0.2, -0.15) is 5.10 Å². The first-order valence-electron chi connectivity index (χ1n) is 7.14. The highest BCUT2D eigenvalue weighted by atomic mass is 19.1. The number of benzene rings is 2. The molecule has 0 saturated carbocycles. The summed E-state index contributed by atoms with van der Waals surface area (Å²) in [4.78, 5) is 12.1. The van der Waals surface area contributed by atoms with Crippen molar-refractivity contribution in [2.24, 2.45) is 0 Å². The summed E-state index contributed by atoms with van der Waals surface area (Å²) in [6.07, 6.45) is 5.31. The average molecular weight is 305 g/mol. The van der Waals surface area contributed by atoms with Crippen molar-refractivity contribution >= 4 is 23.2 Å². The van der Waals surface area contributed by atoms with Crippen molar-refractivity contribution < 1.29 is 9.18 Å². The topological polar surface area (TPSA) is 46.9 Å². The number of halogens is 1. The van der Waals surface area contributed by atoms with Gasteiger partial charge in [-0.15, -0.1) is 0 Å². The van der Waals surface area contributed by atoms with Gasteiger partial charge < -0.3 is 5.32 Å². The number of hydrogen-bond acceptors (Lipinski definition) is 2. The van der Waals surface area contributed by atoms with Gasteiger partial charge in [0.15, 0.2) is 0 Å². The number of rotatable bonds is 2. The van der Waals surface area contributed by atoms with E-state index in [0.29, 0.717) is 16.8 Å². The standard InChI is InChI=1S/C18H12FN3O/c19-13-5-6-17-15(11-13)16(18(23)21-17)10-12-3-1-4-14(9-12)22-8-2-7-20-22/h1-11H,(H,21,23)/b16-10-. The van der Waals surface area contributed by atoms with Crippen LogP contribution >= 0.6 is 0 Å². The van der Waals surface area contributed by atoms with Gasteiger partial charge in [-0.25, -0.2) is 9.07 Å². The molecular formula is C18H12FN3O. The molecule has 0 aliphatic carbocycles. The Morgan fingerprint density at radius 2 is 2.04 bits per heavy atom. The van der Waals surface area contributed by atoms with Crippen LogP contribution in [0.3, 0.4) is 0 Å². The highest BCUT2D eigenvalue weighted by molar-refractivity contribution is 6.34. The summed E-state index contributed by atoms with van der Waals surface area (Å²) < 4.78 is 15.2. The average Bonchev–Trinajstić information content (AvgIpc) is 3.18. The molecule has 1 aliphatic heterocycles. The molecule has 4 rings (SSSR count). The number of hydrogen-bond donors (Lipinski definition) is 1. The Labute approximate surface area is 131 Å². The Bertz CT molecular complexity index is 929. The zero-order valence-electron chi connectivity index (χ0n) is 12.0. The lowest BCUT2D eigenvalue weighted by Crippen LogP contribution is -2.03. The van der Waals surface area contributed by atoms with E-state index in [1.54, 1.807) is 23.0 Å². The zero-order chi connectivity index (χ0) is 15.8. The van der Waals surface area contributed by atoms with Crippen LogP contribution in [0, 0.1) is 5.82 Å². The van der Waals surface area contributed by atoms with Crippen LogP contribution in [0.5, 0.6) is 0 Å². The highest BCUT2D eigenvalue weighted by Gasteiger charge is 2.24. The number of nitrogens with one attached hydrogen (secondary N) is 1. The van der Waals surface area contributed by atoms with Crippen LogP contribution in [0.15, 0.2) is 60.9 Å². The van der Waals surface area contributed by atoms with Crippen LogP contribution in [0.4, 0.5) is 10.1 Å². The molecular weight excluding hydrogens is 293 g/mol. The van der Waals surface area contributed by atoms with E-state index >= 15 is 0 Å². The van der Waals surface area contributed by atoms with Gasteiger partial charge in [-0.05, 0) is 48.0 Å². The molecule has 0 atom stereocenters. The van der Waals surface area contributed by atoms with E-state index in [1.165, 1.54) is 12.1 Å². The van der Waals surface area contributed by atoms with Crippen LogP contribution in [0.1, 0.15) is 11.1 Å². The maximum atomic E-state index is 13.5. The number of fused-ring (bicyclic) bond motifs is 1. The van der Waals surface area contributed by atoms with Gasteiger partial charge in [0.05, 0.1) is 5.69 Å². The van der Waals surface area contributed by atoms with Gasteiger partial charge >= 0.3 is 0 Å². The molecule has 0 unspecified atom stereocenters. The van der Waals surface area contributed by atoms with Crippen molar-refractivity contribution in [1.29, 1.82) is 0 Å². The maximum Gasteiger partial charge on any atom is 0.256 e. The minimum absolute atomic E-state index is 0.227. The fourth-order valence-corrected chi connectivity index (χ4v) is 2.65. The predicted octanol–water partition coefficient (Wildman–Crippen LogP) is 3.50. The Morgan fingerprint density at radius 3 is 2.87 bits per heavy atom. The third-order valence-electron chi connectivity index (χ3n) is 3.71. The molecule has 1 aromatic heterocycles. The molecule has 1 N–H and O–H groups in total. The van der Waals surface area contributed by atoms with Crippen molar-refractivity contribution in [3.05, 3.63) is 77.9 Å². The molecule has 112 valence electrons. The van der Waals surface area contributed by atoms with Crippen LogP contribution in [-0.4, -0.2) is 15.7 Å². The van der Waals surface area contributed by atoms with Gasteiger partial charge in [0.1, 0.15) is 5.82 Å². The van der Waals surface area contributed by atoms with E-state index < -0.39 is 0 Å². The van der Waals surface area contributed by atoms with Gasteiger partial charge in [0.2, 0.25) is 0 Å². The second-order valence-electron chi connectivity index (χ2n) is 5.25. The van der Waals surface area contributed by atoms with Crippen LogP contribution in [-0.2, 0) is 4.79 Å². The molecule has 2 aromatic carbocycles. The van der Waals surface area contributed by atoms with Crippen molar-refractivity contribution in [3.63, 3.8) is 0 Å². The first-order valence-corrected chi connectivity index (χ1v) is 7.14. The third-order valence-corrected chi connectivity index (χ3v) is 3.71. The van der Waals surface area contributed by atoms with Gasteiger partial charge in [-0.3, -0.25) is 4.79 Å².